The largest absolute Gasteiger partial charge is 0.493 e. The fourth-order valence-corrected chi connectivity index (χ4v) is 1.72. The van der Waals surface area contributed by atoms with Crippen molar-refractivity contribution in [1.29, 1.82) is 0 Å². The lowest BCUT2D eigenvalue weighted by molar-refractivity contribution is 0.270. The fourth-order valence-electron chi connectivity index (χ4n) is 1.72. The average molecular weight is 259 g/mol. The first kappa shape index (κ1) is 15.8. The first-order chi connectivity index (χ1) is 8.74. The second kappa shape index (κ2) is 6.27. The Morgan fingerprint density at radius 3 is 2.37 bits per heavy atom. The van der Waals surface area contributed by atoms with Crippen LogP contribution in [0.5, 0.6) is 5.75 Å². The van der Waals surface area contributed by atoms with Gasteiger partial charge in [-0.25, -0.2) is 0 Å². The van der Waals surface area contributed by atoms with Crippen molar-refractivity contribution in [3.8, 4) is 5.75 Å². The zero-order valence-corrected chi connectivity index (χ0v) is 13.2. The van der Waals surface area contributed by atoms with E-state index in [-0.39, 0.29) is 5.41 Å². The van der Waals surface area contributed by atoms with E-state index in [2.05, 4.69) is 66.3 Å². The molecule has 0 atom stereocenters. The van der Waals surface area contributed by atoms with E-state index in [1.165, 1.54) is 17.0 Å². The van der Waals surface area contributed by atoms with Gasteiger partial charge in [0, 0.05) is 5.92 Å². The topological polar surface area (TPSA) is 9.23 Å². The molecule has 1 rings (SSSR count). The van der Waals surface area contributed by atoms with Gasteiger partial charge < -0.3 is 4.74 Å². The summed E-state index contributed by atoms with van der Waals surface area (Å²) in [5.41, 5.74) is 2.61. The Morgan fingerprint density at radius 2 is 1.89 bits per heavy atom. The van der Waals surface area contributed by atoms with Crippen molar-refractivity contribution in [2.45, 2.75) is 47.0 Å². The summed E-state index contributed by atoms with van der Waals surface area (Å²) in [6.07, 6.45) is 1.90. The van der Waals surface area contributed by atoms with Gasteiger partial charge in [0.1, 0.15) is 5.75 Å². The van der Waals surface area contributed by atoms with Gasteiger partial charge in [0.15, 0.2) is 0 Å². The maximum Gasteiger partial charge on any atom is 0.119 e. The predicted molar refractivity (Wildman–Crippen MR) is 83.7 cm³/mol. The van der Waals surface area contributed by atoms with Crippen LogP contribution in [-0.4, -0.2) is 6.61 Å². The van der Waals surface area contributed by atoms with Crippen LogP contribution in [-0.2, 0) is 5.41 Å². The molecule has 1 heteroatoms. The quantitative estimate of drug-likeness (QED) is 0.710. The Hall–Kier alpha value is -1.24. The van der Waals surface area contributed by atoms with Gasteiger partial charge >= 0.3 is 0 Å². The number of hydrogen-bond acceptors (Lipinski definition) is 1. The first-order valence-electron chi connectivity index (χ1n) is 6.98. The van der Waals surface area contributed by atoms with Crippen molar-refractivity contribution in [3.05, 3.63) is 47.9 Å². The second-order valence-electron chi connectivity index (χ2n) is 6.59. The molecule has 0 aromatic heterocycles. The summed E-state index contributed by atoms with van der Waals surface area (Å²) < 4.78 is 5.89. The molecular formula is C18H27O. The lowest BCUT2D eigenvalue weighted by atomic mass is 9.84. The molecule has 0 heterocycles. The first-order valence-corrected chi connectivity index (χ1v) is 6.98. The SMILES string of the molecule is C=C[C](C)c1cc(OCC(C)C)cc(C(C)(C)C)c1. The average Bonchev–Trinajstić information content (AvgIpc) is 2.34. The van der Waals surface area contributed by atoms with Crippen LogP contribution in [0.1, 0.15) is 52.7 Å². The summed E-state index contributed by atoms with van der Waals surface area (Å²) in [6.45, 7) is 17.7. The summed E-state index contributed by atoms with van der Waals surface area (Å²) in [6, 6.07) is 6.50. The van der Waals surface area contributed by atoms with Crippen molar-refractivity contribution in [2.75, 3.05) is 6.61 Å². The minimum Gasteiger partial charge on any atom is -0.493 e. The zero-order valence-electron chi connectivity index (χ0n) is 13.2. The summed E-state index contributed by atoms with van der Waals surface area (Å²) in [5, 5.41) is 0. The van der Waals surface area contributed by atoms with E-state index in [0.717, 1.165) is 12.4 Å². The predicted octanol–water partition coefficient (Wildman–Crippen LogP) is 5.15. The van der Waals surface area contributed by atoms with Crippen LogP contribution in [0, 0.1) is 11.8 Å². The van der Waals surface area contributed by atoms with Crippen LogP contribution in [0.25, 0.3) is 0 Å². The van der Waals surface area contributed by atoms with Crippen molar-refractivity contribution >= 4 is 0 Å². The van der Waals surface area contributed by atoms with Crippen molar-refractivity contribution in [1.82, 2.24) is 0 Å². The third-order valence-corrected chi connectivity index (χ3v) is 3.12. The molecule has 1 radical (unpaired) electrons. The maximum atomic E-state index is 5.89. The zero-order chi connectivity index (χ0) is 14.6. The molecule has 0 saturated heterocycles. The highest BCUT2D eigenvalue weighted by Gasteiger charge is 2.17. The van der Waals surface area contributed by atoms with Crippen LogP contribution in [0.15, 0.2) is 30.9 Å². The molecule has 1 nitrogen and oxygen atoms in total. The van der Waals surface area contributed by atoms with E-state index in [1.807, 2.05) is 6.08 Å². The molecule has 1 aromatic rings. The molecule has 0 aliphatic heterocycles. The Kier molecular flexibility index (Phi) is 5.22. The standard InChI is InChI=1S/C18H27O/c1-8-14(4)15-9-16(18(5,6)7)11-17(10-15)19-12-13(2)3/h8-11,13H,1,12H2,2-7H3. The molecule has 0 unspecified atom stereocenters. The number of allylic oxidation sites excluding steroid dienone is 1. The highest BCUT2D eigenvalue weighted by molar-refractivity contribution is 5.45. The van der Waals surface area contributed by atoms with E-state index in [9.17, 15) is 0 Å². The summed E-state index contributed by atoms with van der Waals surface area (Å²) >= 11 is 0. The van der Waals surface area contributed by atoms with Gasteiger partial charge in [0.2, 0.25) is 0 Å². The third-order valence-electron chi connectivity index (χ3n) is 3.12. The lowest BCUT2D eigenvalue weighted by Crippen LogP contribution is -2.13. The number of benzene rings is 1. The molecule has 0 spiro atoms. The minimum absolute atomic E-state index is 0.118. The monoisotopic (exact) mass is 259 g/mol. The van der Waals surface area contributed by atoms with Crippen molar-refractivity contribution < 1.29 is 4.74 Å². The van der Waals surface area contributed by atoms with Gasteiger partial charge in [0.05, 0.1) is 6.61 Å². The maximum absolute atomic E-state index is 5.89. The van der Waals surface area contributed by atoms with Crippen molar-refractivity contribution in [2.24, 2.45) is 5.92 Å². The van der Waals surface area contributed by atoms with Crippen LogP contribution in [0.3, 0.4) is 0 Å². The Labute approximate surface area is 118 Å². The van der Waals surface area contributed by atoms with Crippen molar-refractivity contribution in [3.63, 3.8) is 0 Å². The van der Waals surface area contributed by atoms with Gasteiger partial charge in [0.25, 0.3) is 0 Å². The highest BCUT2D eigenvalue weighted by Crippen LogP contribution is 2.30. The summed E-state index contributed by atoms with van der Waals surface area (Å²) in [7, 11) is 0. The van der Waals surface area contributed by atoms with Gasteiger partial charge in [-0.15, -0.1) is 6.58 Å². The molecule has 0 aliphatic rings. The molecule has 1 aromatic carbocycles. The van der Waals surface area contributed by atoms with Gasteiger partial charge in [-0.3, -0.25) is 0 Å². The van der Waals surface area contributed by atoms with Gasteiger partial charge in [-0.2, -0.15) is 0 Å². The minimum atomic E-state index is 0.118. The van der Waals surface area contributed by atoms with E-state index < -0.39 is 0 Å². The lowest BCUT2D eigenvalue weighted by Gasteiger charge is -2.22. The molecule has 0 bridgehead atoms. The van der Waals surface area contributed by atoms with Crippen LogP contribution in [0.2, 0.25) is 0 Å². The number of ether oxygens (including phenoxy) is 1. The highest BCUT2D eigenvalue weighted by atomic mass is 16.5. The van der Waals surface area contributed by atoms with Crippen LogP contribution < -0.4 is 4.74 Å². The van der Waals surface area contributed by atoms with Gasteiger partial charge in [-0.1, -0.05) is 53.7 Å². The van der Waals surface area contributed by atoms with E-state index in [0.29, 0.717) is 5.92 Å². The smallest absolute Gasteiger partial charge is 0.119 e. The number of hydrogen-bond donors (Lipinski definition) is 0. The molecule has 0 fully saturated rings. The van der Waals surface area contributed by atoms with Crippen LogP contribution >= 0.6 is 0 Å². The molecule has 0 saturated carbocycles. The van der Waals surface area contributed by atoms with Crippen LogP contribution in [0.4, 0.5) is 0 Å². The van der Waals surface area contributed by atoms with E-state index in [1.54, 1.807) is 0 Å². The molecule has 0 amide bonds. The molecule has 0 N–H and O–H groups in total. The molecule has 105 valence electrons. The Balaban J connectivity index is 3.13. The van der Waals surface area contributed by atoms with E-state index in [4.69, 9.17) is 4.74 Å². The number of rotatable bonds is 5. The molecule has 19 heavy (non-hydrogen) atoms. The third kappa shape index (κ3) is 4.74. The fraction of sp³-hybridized carbons (Fsp3) is 0.500. The summed E-state index contributed by atoms with van der Waals surface area (Å²) in [4.78, 5) is 0. The van der Waals surface area contributed by atoms with Gasteiger partial charge in [-0.05, 0) is 34.6 Å². The molecule has 0 aliphatic carbocycles. The Bertz CT molecular complexity index is 424. The Morgan fingerprint density at radius 1 is 1.26 bits per heavy atom. The molecular weight excluding hydrogens is 232 g/mol. The second-order valence-corrected chi connectivity index (χ2v) is 6.59. The summed E-state index contributed by atoms with van der Waals surface area (Å²) in [5.74, 6) is 2.67. The van der Waals surface area contributed by atoms with E-state index >= 15 is 0 Å². The normalized spacial score (nSPS) is 12.0.